The predicted octanol–water partition coefficient (Wildman–Crippen LogP) is 3.33. The fraction of sp³-hybridized carbons (Fsp3) is 0.200. The van der Waals surface area contributed by atoms with Gasteiger partial charge < -0.3 is 14.8 Å². The first-order chi connectivity index (χ1) is 14.1. The Morgan fingerprint density at radius 1 is 1.10 bits per heavy atom. The molecule has 1 heterocycles. The molecule has 3 aromatic rings. The molecule has 0 radical (unpaired) electrons. The molecule has 2 aromatic carbocycles. The summed E-state index contributed by atoms with van der Waals surface area (Å²) in [6.07, 6.45) is 0.450. The van der Waals surface area contributed by atoms with Gasteiger partial charge in [-0.05, 0) is 66.5 Å². The van der Waals surface area contributed by atoms with Crippen molar-refractivity contribution in [2.24, 2.45) is 0 Å². The van der Waals surface area contributed by atoms with Crippen LogP contribution in [0.1, 0.15) is 26.5 Å². The van der Waals surface area contributed by atoms with Crippen molar-refractivity contribution < 1.29 is 23.5 Å². The molecule has 0 fully saturated rings. The third kappa shape index (κ3) is 5.35. The van der Waals surface area contributed by atoms with Gasteiger partial charge in [-0.1, -0.05) is 4.49 Å². The normalized spacial score (nSPS) is 10.4. The minimum atomic E-state index is -0.555. The standard InChI is InChI=1S/C20H18FN3O4S/c1-27-16-9-5-14(6-10-16)19(25)22-11-2-12-28-20(26)18-17(23-24-29-18)13-3-7-15(21)8-4-13/h3-10H,2,11-12H2,1H3,(H,22,25). The highest BCUT2D eigenvalue weighted by atomic mass is 32.1. The molecule has 9 heteroatoms. The molecular formula is C20H18FN3O4S. The Labute approximate surface area is 170 Å². The van der Waals surface area contributed by atoms with E-state index in [4.69, 9.17) is 9.47 Å². The van der Waals surface area contributed by atoms with Gasteiger partial charge in [0.05, 0.1) is 13.7 Å². The van der Waals surface area contributed by atoms with Gasteiger partial charge in [-0.15, -0.1) is 5.10 Å². The lowest BCUT2D eigenvalue weighted by Crippen LogP contribution is -2.25. The predicted molar refractivity (Wildman–Crippen MR) is 106 cm³/mol. The molecule has 0 aliphatic heterocycles. The third-order valence-corrected chi connectivity index (χ3v) is 4.69. The molecule has 0 aliphatic carbocycles. The molecule has 0 saturated heterocycles. The van der Waals surface area contributed by atoms with Crippen molar-refractivity contribution in [3.8, 4) is 17.0 Å². The SMILES string of the molecule is COc1ccc(C(=O)NCCCOC(=O)c2snnc2-c2ccc(F)cc2)cc1. The van der Waals surface area contributed by atoms with Crippen LogP contribution in [0.25, 0.3) is 11.3 Å². The molecule has 1 N–H and O–H groups in total. The lowest BCUT2D eigenvalue weighted by atomic mass is 10.1. The number of nitrogens with zero attached hydrogens (tertiary/aromatic N) is 2. The number of benzene rings is 2. The van der Waals surface area contributed by atoms with E-state index in [2.05, 4.69) is 14.9 Å². The number of hydrogen-bond donors (Lipinski definition) is 1. The number of aromatic nitrogens is 2. The molecule has 1 aromatic heterocycles. The van der Waals surface area contributed by atoms with Crippen molar-refractivity contribution in [2.45, 2.75) is 6.42 Å². The minimum Gasteiger partial charge on any atom is -0.497 e. The summed E-state index contributed by atoms with van der Waals surface area (Å²) in [6, 6.07) is 12.4. The number of halogens is 1. The average molecular weight is 415 g/mol. The highest BCUT2D eigenvalue weighted by Gasteiger charge is 2.19. The number of amides is 1. The molecule has 0 unspecified atom stereocenters. The van der Waals surface area contributed by atoms with Crippen LogP contribution in [0.3, 0.4) is 0 Å². The first-order valence-corrected chi connectivity index (χ1v) is 9.53. The van der Waals surface area contributed by atoms with E-state index in [9.17, 15) is 14.0 Å². The number of esters is 1. The second-order valence-corrected chi connectivity index (χ2v) is 6.69. The monoisotopic (exact) mass is 415 g/mol. The molecule has 0 aliphatic rings. The number of methoxy groups -OCH3 is 1. The zero-order chi connectivity index (χ0) is 20.6. The van der Waals surface area contributed by atoms with Crippen molar-refractivity contribution in [3.05, 3.63) is 64.8 Å². The Balaban J connectivity index is 1.45. The smallest absolute Gasteiger partial charge is 0.352 e. The minimum absolute atomic E-state index is 0.127. The van der Waals surface area contributed by atoms with Crippen LogP contribution in [0.15, 0.2) is 48.5 Å². The lowest BCUT2D eigenvalue weighted by Gasteiger charge is -2.07. The Hall–Kier alpha value is -3.33. The maximum Gasteiger partial charge on any atom is 0.352 e. The molecule has 150 valence electrons. The molecule has 0 atom stereocenters. The van der Waals surface area contributed by atoms with E-state index < -0.39 is 5.97 Å². The summed E-state index contributed by atoms with van der Waals surface area (Å²) in [5.74, 6) is -0.478. The molecule has 0 bridgehead atoms. The van der Waals surface area contributed by atoms with Crippen molar-refractivity contribution >= 4 is 23.4 Å². The van der Waals surface area contributed by atoms with Crippen molar-refractivity contribution in [3.63, 3.8) is 0 Å². The van der Waals surface area contributed by atoms with Crippen LogP contribution in [-0.2, 0) is 4.74 Å². The van der Waals surface area contributed by atoms with Crippen LogP contribution in [0, 0.1) is 5.82 Å². The Morgan fingerprint density at radius 2 is 1.83 bits per heavy atom. The van der Waals surface area contributed by atoms with Gasteiger partial charge in [0.25, 0.3) is 5.91 Å². The Kier molecular flexibility index (Phi) is 6.85. The maximum absolute atomic E-state index is 13.1. The summed E-state index contributed by atoms with van der Waals surface area (Å²) in [4.78, 5) is 24.6. The van der Waals surface area contributed by atoms with Gasteiger partial charge in [-0.25, -0.2) is 9.18 Å². The summed E-state index contributed by atoms with van der Waals surface area (Å²) in [5.41, 5.74) is 1.45. The van der Waals surface area contributed by atoms with Crippen LogP contribution in [0.2, 0.25) is 0 Å². The summed E-state index contributed by atoms with van der Waals surface area (Å²) in [5, 5.41) is 6.69. The fourth-order valence-electron chi connectivity index (χ4n) is 2.47. The first-order valence-electron chi connectivity index (χ1n) is 8.76. The van der Waals surface area contributed by atoms with Gasteiger partial charge in [0.2, 0.25) is 0 Å². The Bertz CT molecular complexity index is 974. The zero-order valence-electron chi connectivity index (χ0n) is 15.6. The number of nitrogens with one attached hydrogen (secondary N) is 1. The van der Waals surface area contributed by atoms with Crippen LogP contribution >= 0.6 is 11.5 Å². The number of rotatable bonds is 8. The summed E-state index contributed by atoms with van der Waals surface area (Å²) in [6.45, 7) is 0.479. The topological polar surface area (TPSA) is 90.4 Å². The van der Waals surface area contributed by atoms with Crippen molar-refractivity contribution in [1.29, 1.82) is 0 Å². The highest BCUT2D eigenvalue weighted by Crippen LogP contribution is 2.24. The van der Waals surface area contributed by atoms with E-state index in [0.29, 0.717) is 35.5 Å². The van der Waals surface area contributed by atoms with E-state index in [1.54, 1.807) is 31.4 Å². The largest absolute Gasteiger partial charge is 0.497 e. The van der Waals surface area contributed by atoms with Crippen LogP contribution in [-0.4, -0.2) is 41.7 Å². The van der Waals surface area contributed by atoms with E-state index >= 15 is 0 Å². The van der Waals surface area contributed by atoms with Crippen LogP contribution in [0.5, 0.6) is 5.75 Å². The second-order valence-electron chi connectivity index (χ2n) is 5.93. The Morgan fingerprint density at radius 3 is 2.52 bits per heavy atom. The quantitative estimate of drug-likeness (QED) is 0.448. The van der Waals surface area contributed by atoms with Gasteiger partial charge in [-0.3, -0.25) is 4.79 Å². The fourth-order valence-corrected chi connectivity index (χ4v) is 3.05. The molecule has 29 heavy (non-hydrogen) atoms. The van der Waals surface area contributed by atoms with Gasteiger partial charge >= 0.3 is 5.97 Å². The molecule has 0 saturated carbocycles. The van der Waals surface area contributed by atoms with Gasteiger partial charge in [0, 0.05) is 17.7 Å². The molecular weight excluding hydrogens is 397 g/mol. The number of carbonyl (C=O) groups is 2. The van der Waals surface area contributed by atoms with E-state index in [0.717, 1.165) is 11.5 Å². The molecule has 7 nitrogen and oxygen atoms in total. The highest BCUT2D eigenvalue weighted by molar-refractivity contribution is 7.08. The number of carbonyl (C=O) groups excluding carboxylic acids is 2. The third-order valence-electron chi connectivity index (χ3n) is 3.98. The summed E-state index contributed by atoms with van der Waals surface area (Å²) >= 11 is 0.916. The van der Waals surface area contributed by atoms with Crippen LogP contribution in [0.4, 0.5) is 4.39 Å². The maximum atomic E-state index is 13.1. The lowest BCUT2D eigenvalue weighted by molar-refractivity contribution is 0.0507. The molecule has 3 rings (SSSR count). The molecule has 0 spiro atoms. The number of ether oxygens (including phenoxy) is 2. The van der Waals surface area contributed by atoms with E-state index in [1.165, 1.54) is 24.3 Å². The summed E-state index contributed by atoms with van der Waals surface area (Å²) in [7, 11) is 1.56. The zero-order valence-corrected chi connectivity index (χ0v) is 16.4. The molecule has 1 amide bonds. The van der Waals surface area contributed by atoms with Gasteiger partial charge in [0.15, 0.2) is 4.88 Å². The van der Waals surface area contributed by atoms with Crippen LogP contribution < -0.4 is 10.1 Å². The second kappa shape index (κ2) is 9.74. The average Bonchev–Trinajstić information content (AvgIpc) is 3.24. The van der Waals surface area contributed by atoms with Gasteiger partial charge in [-0.2, -0.15) is 0 Å². The van der Waals surface area contributed by atoms with Crippen molar-refractivity contribution in [1.82, 2.24) is 14.9 Å². The van der Waals surface area contributed by atoms with E-state index in [1.807, 2.05) is 0 Å². The first kappa shape index (κ1) is 20.4. The summed E-state index contributed by atoms with van der Waals surface area (Å²) < 4.78 is 27.1. The van der Waals surface area contributed by atoms with E-state index in [-0.39, 0.29) is 23.2 Å². The number of hydrogen-bond acceptors (Lipinski definition) is 7. The van der Waals surface area contributed by atoms with Gasteiger partial charge in [0.1, 0.15) is 17.3 Å². The van der Waals surface area contributed by atoms with Crippen molar-refractivity contribution in [2.75, 3.05) is 20.3 Å².